The van der Waals surface area contributed by atoms with E-state index in [9.17, 15) is 8.42 Å². The Morgan fingerprint density at radius 2 is 2.13 bits per heavy atom. The molecule has 0 aliphatic heterocycles. The van der Waals surface area contributed by atoms with Crippen LogP contribution < -0.4 is 10.5 Å². The fourth-order valence-electron chi connectivity index (χ4n) is 1.24. The summed E-state index contributed by atoms with van der Waals surface area (Å²) < 4.78 is 30.7. The molecule has 0 radical (unpaired) electrons. The molecule has 0 aromatic carbocycles. The second-order valence-electron chi connectivity index (χ2n) is 3.19. The standard InChI is InChI=1S/C8H15N3O3S/c1-6-8(7(2)14-11-6)15(12,13)10-5-3-4-9/h10H,3-5,9H2,1-2H3. The Morgan fingerprint density at radius 1 is 1.47 bits per heavy atom. The molecule has 3 N–H and O–H groups in total. The third-order valence-corrected chi connectivity index (χ3v) is 3.61. The van der Waals surface area contributed by atoms with Crippen molar-refractivity contribution in [2.24, 2.45) is 5.73 Å². The van der Waals surface area contributed by atoms with E-state index in [4.69, 9.17) is 10.3 Å². The molecular formula is C8H15N3O3S. The summed E-state index contributed by atoms with van der Waals surface area (Å²) in [6, 6.07) is 0. The smallest absolute Gasteiger partial charge is 0.245 e. The summed E-state index contributed by atoms with van der Waals surface area (Å²) in [6.45, 7) is 3.93. The van der Waals surface area contributed by atoms with Gasteiger partial charge in [0.25, 0.3) is 0 Å². The number of aromatic nitrogens is 1. The highest BCUT2D eigenvalue weighted by atomic mass is 32.2. The molecule has 0 fully saturated rings. The average Bonchev–Trinajstić information content (AvgIpc) is 2.46. The van der Waals surface area contributed by atoms with Crippen LogP contribution >= 0.6 is 0 Å². The van der Waals surface area contributed by atoms with E-state index in [0.29, 0.717) is 31.0 Å². The number of nitrogens with two attached hydrogens (primary N) is 1. The molecule has 1 aromatic heterocycles. The maximum atomic E-state index is 11.8. The van der Waals surface area contributed by atoms with Crippen molar-refractivity contribution in [1.29, 1.82) is 0 Å². The fourth-order valence-corrected chi connectivity index (χ4v) is 2.64. The third-order valence-electron chi connectivity index (χ3n) is 1.91. The second-order valence-corrected chi connectivity index (χ2v) is 4.90. The molecule has 1 aromatic rings. The van der Waals surface area contributed by atoms with Gasteiger partial charge in [0.15, 0.2) is 5.76 Å². The Bertz CT molecular complexity index is 405. The van der Waals surface area contributed by atoms with Crippen LogP contribution in [0.1, 0.15) is 17.9 Å². The number of nitrogens with zero attached hydrogens (tertiary/aromatic N) is 1. The van der Waals surface area contributed by atoms with Gasteiger partial charge in [0.1, 0.15) is 10.6 Å². The second kappa shape index (κ2) is 4.73. The molecule has 1 heterocycles. The van der Waals surface area contributed by atoms with Crippen LogP contribution in [0.5, 0.6) is 0 Å². The number of hydrogen-bond donors (Lipinski definition) is 2. The Kier molecular flexibility index (Phi) is 3.83. The molecule has 0 saturated carbocycles. The molecule has 0 aliphatic rings. The van der Waals surface area contributed by atoms with Gasteiger partial charge in [-0.3, -0.25) is 0 Å². The van der Waals surface area contributed by atoms with E-state index in [2.05, 4.69) is 9.88 Å². The van der Waals surface area contributed by atoms with Gasteiger partial charge < -0.3 is 10.3 Å². The lowest BCUT2D eigenvalue weighted by molar-refractivity contribution is 0.390. The van der Waals surface area contributed by atoms with Crippen LogP contribution in [0.25, 0.3) is 0 Å². The summed E-state index contributed by atoms with van der Waals surface area (Å²) in [6.07, 6.45) is 0.600. The highest BCUT2D eigenvalue weighted by molar-refractivity contribution is 7.89. The molecule has 7 heteroatoms. The number of aryl methyl sites for hydroxylation is 2. The zero-order chi connectivity index (χ0) is 11.5. The van der Waals surface area contributed by atoms with Gasteiger partial charge in [0, 0.05) is 6.54 Å². The third kappa shape index (κ3) is 2.77. The topological polar surface area (TPSA) is 98.2 Å². The predicted molar refractivity (Wildman–Crippen MR) is 54.8 cm³/mol. The average molecular weight is 233 g/mol. The molecule has 0 unspecified atom stereocenters. The maximum Gasteiger partial charge on any atom is 0.245 e. The van der Waals surface area contributed by atoms with Crippen molar-refractivity contribution in [3.63, 3.8) is 0 Å². The molecule has 0 spiro atoms. The molecule has 15 heavy (non-hydrogen) atoms. The van der Waals surface area contributed by atoms with E-state index in [1.54, 1.807) is 13.8 Å². The number of nitrogens with one attached hydrogen (secondary N) is 1. The van der Waals surface area contributed by atoms with E-state index in [1.165, 1.54) is 0 Å². The Hall–Kier alpha value is -0.920. The maximum absolute atomic E-state index is 11.8. The van der Waals surface area contributed by atoms with Gasteiger partial charge in [-0.2, -0.15) is 0 Å². The van der Waals surface area contributed by atoms with Crippen molar-refractivity contribution >= 4 is 10.0 Å². The van der Waals surface area contributed by atoms with Gasteiger partial charge in [-0.05, 0) is 26.8 Å². The van der Waals surface area contributed by atoms with Crippen molar-refractivity contribution in [2.45, 2.75) is 25.2 Å². The van der Waals surface area contributed by atoms with Crippen LogP contribution in [0.3, 0.4) is 0 Å². The first-order chi connectivity index (χ1) is 6.99. The van der Waals surface area contributed by atoms with E-state index in [0.717, 1.165) is 0 Å². The van der Waals surface area contributed by atoms with E-state index in [1.807, 2.05) is 0 Å². The lowest BCUT2D eigenvalue weighted by atomic mass is 10.4. The van der Waals surface area contributed by atoms with E-state index in [-0.39, 0.29) is 4.90 Å². The summed E-state index contributed by atoms with van der Waals surface area (Å²) in [5.41, 5.74) is 5.64. The zero-order valence-corrected chi connectivity index (χ0v) is 9.60. The molecule has 0 saturated heterocycles. The fraction of sp³-hybridized carbons (Fsp3) is 0.625. The lowest BCUT2D eigenvalue weighted by Gasteiger charge is -2.04. The first-order valence-electron chi connectivity index (χ1n) is 4.61. The van der Waals surface area contributed by atoms with Gasteiger partial charge in [0.2, 0.25) is 10.0 Å². The minimum atomic E-state index is -3.51. The first kappa shape index (κ1) is 12.2. The summed E-state index contributed by atoms with van der Waals surface area (Å²) in [5.74, 6) is 0.299. The number of sulfonamides is 1. The Balaban J connectivity index is 2.87. The predicted octanol–water partition coefficient (Wildman–Crippen LogP) is -0.0815. The summed E-state index contributed by atoms with van der Waals surface area (Å²) in [4.78, 5) is 0.125. The van der Waals surface area contributed by atoms with Gasteiger partial charge in [0.05, 0.1) is 0 Å². The van der Waals surface area contributed by atoms with Crippen molar-refractivity contribution in [3.8, 4) is 0 Å². The van der Waals surface area contributed by atoms with Gasteiger partial charge in [-0.1, -0.05) is 5.16 Å². The SMILES string of the molecule is Cc1noc(C)c1S(=O)(=O)NCCCN. The monoisotopic (exact) mass is 233 g/mol. The Morgan fingerprint density at radius 3 is 2.60 bits per heavy atom. The van der Waals surface area contributed by atoms with Crippen LogP contribution in [-0.4, -0.2) is 26.7 Å². The molecule has 0 atom stereocenters. The van der Waals surface area contributed by atoms with Crippen molar-refractivity contribution < 1.29 is 12.9 Å². The molecule has 86 valence electrons. The van der Waals surface area contributed by atoms with E-state index >= 15 is 0 Å². The zero-order valence-electron chi connectivity index (χ0n) is 8.78. The Labute approximate surface area is 88.9 Å². The quantitative estimate of drug-likeness (QED) is 0.693. The molecule has 0 aliphatic carbocycles. The minimum absolute atomic E-state index is 0.125. The van der Waals surface area contributed by atoms with Crippen LogP contribution in [0.15, 0.2) is 9.42 Å². The van der Waals surface area contributed by atoms with Gasteiger partial charge in [-0.15, -0.1) is 0 Å². The molecule has 1 rings (SSSR count). The highest BCUT2D eigenvalue weighted by Crippen LogP contribution is 2.18. The number of hydrogen-bond acceptors (Lipinski definition) is 5. The minimum Gasteiger partial charge on any atom is -0.360 e. The van der Waals surface area contributed by atoms with Crippen molar-refractivity contribution in [2.75, 3.05) is 13.1 Å². The van der Waals surface area contributed by atoms with Crippen molar-refractivity contribution in [3.05, 3.63) is 11.5 Å². The van der Waals surface area contributed by atoms with Gasteiger partial charge >= 0.3 is 0 Å². The van der Waals surface area contributed by atoms with Crippen LogP contribution in [-0.2, 0) is 10.0 Å². The first-order valence-corrected chi connectivity index (χ1v) is 6.10. The van der Waals surface area contributed by atoms with Crippen molar-refractivity contribution in [1.82, 2.24) is 9.88 Å². The highest BCUT2D eigenvalue weighted by Gasteiger charge is 2.23. The van der Waals surface area contributed by atoms with Crippen LogP contribution in [0.4, 0.5) is 0 Å². The van der Waals surface area contributed by atoms with Crippen LogP contribution in [0, 0.1) is 13.8 Å². The lowest BCUT2D eigenvalue weighted by Crippen LogP contribution is -2.27. The van der Waals surface area contributed by atoms with E-state index < -0.39 is 10.0 Å². The number of rotatable bonds is 5. The van der Waals surface area contributed by atoms with Crippen LogP contribution in [0.2, 0.25) is 0 Å². The van der Waals surface area contributed by atoms with Gasteiger partial charge in [-0.25, -0.2) is 13.1 Å². The summed E-state index contributed by atoms with van der Waals surface area (Å²) >= 11 is 0. The largest absolute Gasteiger partial charge is 0.360 e. The summed E-state index contributed by atoms with van der Waals surface area (Å²) in [7, 11) is -3.51. The molecule has 6 nitrogen and oxygen atoms in total. The molecule has 0 bridgehead atoms. The molecule has 0 amide bonds. The summed E-state index contributed by atoms with van der Waals surface area (Å²) in [5, 5.41) is 3.59. The normalized spacial score (nSPS) is 11.9. The molecular weight excluding hydrogens is 218 g/mol.